The summed E-state index contributed by atoms with van der Waals surface area (Å²) >= 11 is 0. The van der Waals surface area contributed by atoms with Gasteiger partial charge in [-0.1, -0.05) is 5.16 Å². The molecule has 0 aromatic carbocycles. The van der Waals surface area contributed by atoms with E-state index in [4.69, 9.17) is 10.4 Å². The number of nitrogens with two attached hydrogens (primary N) is 1. The predicted molar refractivity (Wildman–Crippen MR) is 79.9 cm³/mol. The fraction of sp³-hybridized carbons (Fsp3) is 0.500. The van der Waals surface area contributed by atoms with E-state index in [9.17, 15) is 0 Å². The number of aryl methyl sites for hydroxylation is 2. The van der Waals surface area contributed by atoms with Crippen LogP contribution in [0.5, 0.6) is 0 Å². The van der Waals surface area contributed by atoms with E-state index in [1.165, 1.54) is 0 Å². The van der Waals surface area contributed by atoms with Crippen molar-refractivity contribution in [3.8, 4) is 0 Å². The van der Waals surface area contributed by atoms with Gasteiger partial charge in [0.05, 0.1) is 5.69 Å². The van der Waals surface area contributed by atoms with Crippen molar-refractivity contribution in [1.29, 1.82) is 0 Å². The Bertz CT molecular complexity index is 642. The van der Waals surface area contributed by atoms with E-state index in [2.05, 4.69) is 25.9 Å². The van der Waals surface area contributed by atoms with Crippen molar-refractivity contribution in [3.63, 3.8) is 0 Å². The molecule has 0 spiro atoms. The van der Waals surface area contributed by atoms with Gasteiger partial charge in [0.15, 0.2) is 0 Å². The highest BCUT2D eigenvalue weighted by atomic mass is 16.5. The van der Waals surface area contributed by atoms with Crippen LogP contribution in [0.4, 0.5) is 11.6 Å². The van der Waals surface area contributed by atoms with Crippen LogP contribution in [0, 0.1) is 20.8 Å². The quantitative estimate of drug-likeness (QED) is 0.572. The van der Waals surface area contributed by atoms with Crippen LogP contribution in [0.15, 0.2) is 4.52 Å². The Morgan fingerprint density at radius 1 is 1.19 bits per heavy atom. The maximum absolute atomic E-state index is 5.55. The topological polar surface area (TPSA) is 102 Å². The normalized spacial score (nSPS) is 14.3. The first kappa shape index (κ1) is 13.8. The largest absolute Gasteiger partial charge is 0.365 e. The zero-order chi connectivity index (χ0) is 15.0. The van der Waals surface area contributed by atoms with Crippen molar-refractivity contribution >= 4 is 11.6 Å². The Hall–Kier alpha value is -2.15. The third kappa shape index (κ3) is 2.69. The monoisotopic (exact) mass is 288 g/mol. The van der Waals surface area contributed by atoms with Gasteiger partial charge in [0.2, 0.25) is 0 Å². The number of nitrogen functional groups attached to an aromatic ring is 1. The van der Waals surface area contributed by atoms with Crippen molar-refractivity contribution < 1.29 is 4.52 Å². The summed E-state index contributed by atoms with van der Waals surface area (Å²) in [6.45, 7) is 6.41. The summed E-state index contributed by atoms with van der Waals surface area (Å²) in [7, 11) is 0. The Labute approximate surface area is 123 Å². The van der Waals surface area contributed by atoms with Crippen LogP contribution in [0.1, 0.15) is 47.2 Å². The molecule has 2 aromatic rings. The molecule has 112 valence electrons. The molecule has 1 aliphatic carbocycles. The Morgan fingerprint density at radius 2 is 1.90 bits per heavy atom. The van der Waals surface area contributed by atoms with Crippen LogP contribution >= 0.6 is 0 Å². The summed E-state index contributed by atoms with van der Waals surface area (Å²) in [6, 6.07) is 0. The molecular formula is C14H20N6O. The number of anilines is 2. The molecule has 2 heterocycles. The number of nitrogens with one attached hydrogen (secondary N) is 2. The number of hydrogen-bond donors (Lipinski definition) is 3. The highest BCUT2D eigenvalue weighted by molar-refractivity contribution is 5.57. The van der Waals surface area contributed by atoms with Crippen LogP contribution in [0.2, 0.25) is 0 Å². The molecule has 0 aliphatic heterocycles. The van der Waals surface area contributed by atoms with Gasteiger partial charge >= 0.3 is 0 Å². The summed E-state index contributed by atoms with van der Waals surface area (Å²) < 4.78 is 5.18. The first-order valence-electron chi connectivity index (χ1n) is 7.11. The second-order valence-corrected chi connectivity index (χ2v) is 5.48. The zero-order valence-corrected chi connectivity index (χ0v) is 12.5. The van der Waals surface area contributed by atoms with E-state index in [-0.39, 0.29) is 0 Å². The van der Waals surface area contributed by atoms with Crippen molar-refractivity contribution in [2.45, 2.75) is 46.1 Å². The summed E-state index contributed by atoms with van der Waals surface area (Å²) in [5, 5.41) is 7.31. The van der Waals surface area contributed by atoms with E-state index in [1.807, 2.05) is 20.8 Å². The van der Waals surface area contributed by atoms with Crippen molar-refractivity contribution in [1.82, 2.24) is 15.1 Å². The minimum absolute atomic E-state index is 0.470. The standard InChI is InChI=1S/C14H20N6O/c1-7-12(16-6-11-8(2)20-21-9(11)3)17-14(10-4-5-10)18-13(7)19-15/h10H,4-6,15H2,1-3H3,(H2,16,17,18,19). The number of nitrogens with zero attached hydrogens (tertiary/aromatic N) is 3. The van der Waals surface area contributed by atoms with Crippen LogP contribution in [0.3, 0.4) is 0 Å². The minimum atomic E-state index is 0.470. The molecule has 7 heteroatoms. The lowest BCUT2D eigenvalue weighted by Gasteiger charge is -2.13. The lowest BCUT2D eigenvalue weighted by atomic mass is 10.2. The fourth-order valence-corrected chi connectivity index (χ4v) is 2.30. The highest BCUT2D eigenvalue weighted by Crippen LogP contribution is 2.39. The van der Waals surface area contributed by atoms with E-state index in [0.717, 1.165) is 47.1 Å². The van der Waals surface area contributed by atoms with Gasteiger partial charge in [0.1, 0.15) is 23.2 Å². The molecule has 0 atom stereocenters. The maximum atomic E-state index is 5.55. The minimum Gasteiger partial charge on any atom is -0.365 e. The molecule has 3 rings (SSSR count). The Balaban J connectivity index is 1.85. The van der Waals surface area contributed by atoms with Gasteiger partial charge in [-0.3, -0.25) is 0 Å². The molecule has 0 radical (unpaired) electrons. The fourth-order valence-electron chi connectivity index (χ4n) is 2.30. The SMILES string of the molecule is Cc1noc(C)c1CNc1nc(C2CC2)nc(NN)c1C. The van der Waals surface area contributed by atoms with Crippen molar-refractivity contribution in [2.24, 2.45) is 5.84 Å². The molecule has 0 bridgehead atoms. The van der Waals surface area contributed by atoms with Crippen molar-refractivity contribution in [2.75, 3.05) is 10.7 Å². The van der Waals surface area contributed by atoms with Gasteiger partial charge in [-0.25, -0.2) is 15.8 Å². The van der Waals surface area contributed by atoms with Gasteiger partial charge in [0, 0.05) is 23.6 Å². The van der Waals surface area contributed by atoms with Crippen LogP contribution < -0.4 is 16.6 Å². The van der Waals surface area contributed by atoms with Gasteiger partial charge < -0.3 is 15.3 Å². The Kier molecular flexibility index (Phi) is 3.50. The van der Waals surface area contributed by atoms with Crippen LogP contribution in [-0.4, -0.2) is 15.1 Å². The summed E-state index contributed by atoms with van der Waals surface area (Å²) in [4.78, 5) is 9.11. The van der Waals surface area contributed by atoms with E-state index in [1.54, 1.807) is 0 Å². The average Bonchev–Trinajstić information content (AvgIpc) is 3.26. The molecular weight excluding hydrogens is 268 g/mol. The van der Waals surface area contributed by atoms with Gasteiger partial charge in [-0.2, -0.15) is 0 Å². The number of aromatic nitrogens is 3. The summed E-state index contributed by atoms with van der Waals surface area (Å²) in [6.07, 6.45) is 2.30. The zero-order valence-electron chi connectivity index (χ0n) is 12.5. The van der Waals surface area contributed by atoms with Crippen LogP contribution in [-0.2, 0) is 6.54 Å². The second-order valence-electron chi connectivity index (χ2n) is 5.48. The molecule has 4 N–H and O–H groups in total. The molecule has 2 aromatic heterocycles. The second kappa shape index (κ2) is 5.33. The maximum Gasteiger partial charge on any atom is 0.148 e. The van der Waals surface area contributed by atoms with E-state index >= 15 is 0 Å². The van der Waals surface area contributed by atoms with Gasteiger partial charge in [-0.15, -0.1) is 0 Å². The highest BCUT2D eigenvalue weighted by Gasteiger charge is 2.28. The average molecular weight is 288 g/mol. The van der Waals surface area contributed by atoms with Gasteiger partial charge in [-0.05, 0) is 33.6 Å². The molecule has 0 saturated heterocycles. The first-order valence-corrected chi connectivity index (χ1v) is 7.11. The van der Waals surface area contributed by atoms with Crippen molar-refractivity contribution in [3.05, 3.63) is 28.4 Å². The third-order valence-electron chi connectivity index (χ3n) is 3.86. The van der Waals surface area contributed by atoms with E-state index in [0.29, 0.717) is 18.3 Å². The summed E-state index contributed by atoms with van der Waals surface area (Å²) in [5.74, 6) is 9.19. The third-order valence-corrected chi connectivity index (χ3v) is 3.86. The predicted octanol–water partition coefficient (Wildman–Crippen LogP) is 2.16. The molecule has 7 nitrogen and oxygen atoms in total. The van der Waals surface area contributed by atoms with E-state index < -0.39 is 0 Å². The molecule has 0 unspecified atom stereocenters. The number of hydrazine groups is 1. The number of rotatable bonds is 5. The molecule has 21 heavy (non-hydrogen) atoms. The first-order chi connectivity index (χ1) is 10.1. The Morgan fingerprint density at radius 3 is 2.48 bits per heavy atom. The molecule has 1 aliphatic rings. The lowest BCUT2D eigenvalue weighted by molar-refractivity contribution is 0.392. The summed E-state index contributed by atoms with van der Waals surface area (Å²) in [5.41, 5.74) is 5.52. The molecule has 1 saturated carbocycles. The lowest BCUT2D eigenvalue weighted by Crippen LogP contribution is -2.15. The molecule has 0 amide bonds. The van der Waals surface area contributed by atoms with Crippen LogP contribution in [0.25, 0.3) is 0 Å². The smallest absolute Gasteiger partial charge is 0.148 e. The number of hydrogen-bond acceptors (Lipinski definition) is 7. The molecule has 1 fully saturated rings. The van der Waals surface area contributed by atoms with Gasteiger partial charge in [0.25, 0.3) is 0 Å².